The molecule has 1 aromatic heterocycles. The Labute approximate surface area is 93.6 Å². The first kappa shape index (κ1) is 9.77. The summed E-state index contributed by atoms with van der Waals surface area (Å²) in [7, 11) is 1.84. The molecule has 1 amide bonds. The second-order valence-electron chi connectivity index (χ2n) is 4.54. The minimum absolute atomic E-state index is 0.0129. The molecule has 1 N–H and O–H groups in total. The number of carbonyl (C=O) groups excluding carboxylic acids is 1. The normalized spacial score (nSPS) is 20.6. The van der Waals surface area contributed by atoms with Gasteiger partial charge < -0.3 is 10.2 Å². The minimum Gasteiger partial charge on any atom is -0.337 e. The van der Waals surface area contributed by atoms with E-state index in [1.54, 1.807) is 15.8 Å². The predicted molar refractivity (Wildman–Crippen MR) is 57.0 cm³/mol. The summed E-state index contributed by atoms with van der Waals surface area (Å²) in [5.41, 5.74) is 0.460. The molecule has 2 heterocycles. The first-order valence-electron chi connectivity index (χ1n) is 5.65. The van der Waals surface area contributed by atoms with E-state index in [2.05, 4.69) is 15.6 Å². The molecule has 2 aliphatic rings. The van der Waals surface area contributed by atoms with Gasteiger partial charge in [-0.05, 0) is 12.8 Å². The minimum atomic E-state index is -0.0129. The van der Waals surface area contributed by atoms with Gasteiger partial charge >= 0.3 is 0 Å². The summed E-state index contributed by atoms with van der Waals surface area (Å²) in [4.78, 5) is 13.7. The third-order valence-electron chi connectivity index (χ3n) is 3.28. The van der Waals surface area contributed by atoms with E-state index in [1.165, 1.54) is 0 Å². The fourth-order valence-corrected chi connectivity index (χ4v) is 1.82. The number of rotatable bonds is 3. The summed E-state index contributed by atoms with van der Waals surface area (Å²) in [6.45, 7) is 1.82. The second-order valence-corrected chi connectivity index (χ2v) is 4.54. The first-order chi connectivity index (χ1) is 7.75. The Hall–Kier alpha value is -1.43. The van der Waals surface area contributed by atoms with Crippen molar-refractivity contribution in [3.63, 3.8) is 0 Å². The molecular weight excluding hydrogens is 206 g/mol. The van der Waals surface area contributed by atoms with E-state index in [-0.39, 0.29) is 5.91 Å². The molecule has 86 valence electrons. The molecule has 1 saturated carbocycles. The largest absolute Gasteiger partial charge is 0.337 e. The van der Waals surface area contributed by atoms with Crippen molar-refractivity contribution in [3.05, 3.63) is 11.9 Å². The summed E-state index contributed by atoms with van der Waals surface area (Å²) in [6.07, 6.45) is 3.98. The molecule has 3 rings (SSSR count). The number of nitrogens with zero attached hydrogens (tertiary/aromatic N) is 4. The van der Waals surface area contributed by atoms with Gasteiger partial charge in [0.05, 0.1) is 12.2 Å². The van der Waals surface area contributed by atoms with Gasteiger partial charge in [0.15, 0.2) is 5.69 Å². The lowest BCUT2D eigenvalue weighted by molar-refractivity contribution is 0.0779. The van der Waals surface area contributed by atoms with E-state index in [4.69, 9.17) is 0 Å². The number of hydrogen-bond acceptors (Lipinski definition) is 4. The van der Waals surface area contributed by atoms with Crippen molar-refractivity contribution >= 4 is 5.91 Å². The average Bonchev–Trinajstić information content (AvgIpc) is 2.95. The van der Waals surface area contributed by atoms with Gasteiger partial charge in [-0.2, -0.15) is 0 Å². The zero-order valence-electron chi connectivity index (χ0n) is 9.26. The van der Waals surface area contributed by atoms with Crippen LogP contribution in [0.5, 0.6) is 0 Å². The molecular formula is C10H15N5O. The highest BCUT2D eigenvalue weighted by molar-refractivity contribution is 5.92. The standard InChI is InChI=1S/C10H15N5O/c1-14(7-2-3-7)10(16)9-6-15(13-12-9)8-4-11-5-8/h6-8,11H,2-5H2,1H3. The molecule has 1 aliphatic carbocycles. The Balaban J connectivity index is 1.72. The average molecular weight is 221 g/mol. The van der Waals surface area contributed by atoms with Crippen molar-refractivity contribution < 1.29 is 4.79 Å². The Morgan fingerprint density at radius 2 is 2.31 bits per heavy atom. The lowest BCUT2D eigenvalue weighted by atomic mass is 10.2. The SMILES string of the molecule is CN(C(=O)c1cn(C2CNC2)nn1)C1CC1. The van der Waals surface area contributed by atoms with Gasteiger partial charge in [0, 0.05) is 26.2 Å². The molecule has 1 aliphatic heterocycles. The van der Waals surface area contributed by atoms with Crippen molar-refractivity contribution in [2.75, 3.05) is 20.1 Å². The third kappa shape index (κ3) is 1.59. The van der Waals surface area contributed by atoms with Gasteiger partial charge in [0.2, 0.25) is 0 Å². The summed E-state index contributed by atoms with van der Waals surface area (Å²) in [5.74, 6) is -0.0129. The van der Waals surface area contributed by atoms with E-state index in [9.17, 15) is 4.79 Å². The highest BCUT2D eigenvalue weighted by Gasteiger charge is 2.31. The molecule has 1 aromatic rings. The van der Waals surface area contributed by atoms with Gasteiger partial charge in [-0.3, -0.25) is 4.79 Å². The highest BCUT2D eigenvalue weighted by Crippen LogP contribution is 2.26. The molecule has 0 aromatic carbocycles. The van der Waals surface area contributed by atoms with Crippen LogP contribution in [0.15, 0.2) is 6.20 Å². The molecule has 0 atom stereocenters. The molecule has 1 saturated heterocycles. The zero-order chi connectivity index (χ0) is 11.1. The zero-order valence-corrected chi connectivity index (χ0v) is 9.26. The second kappa shape index (κ2) is 3.55. The molecule has 2 fully saturated rings. The van der Waals surface area contributed by atoms with Crippen molar-refractivity contribution in [3.8, 4) is 0 Å². The lowest BCUT2D eigenvalue weighted by Gasteiger charge is -2.26. The van der Waals surface area contributed by atoms with Crippen LogP contribution in [0.4, 0.5) is 0 Å². The van der Waals surface area contributed by atoms with Crippen LogP contribution < -0.4 is 5.32 Å². The summed E-state index contributed by atoms with van der Waals surface area (Å²) >= 11 is 0. The molecule has 6 nitrogen and oxygen atoms in total. The van der Waals surface area contributed by atoms with Crippen LogP contribution in [0.1, 0.15) is 29.4 Å². The van der Waals surface area contributed by atoms with Crippen LogP contribution in [0.3, 0.4) is 0 Å². The summed E-state index contributed by atoms with van der Waals surface area (Å²) in [6, 6.07) is 0.781. The predicted octanol–water partition coefficient (Wildman–Crippen LogP) is -0.343. The van der Waals surface area contributed by atoms with Gasteiger partial charge in [-0.25, -0.2) is 4.68 Å². The Bertz CT molecular complexity index is 407. The molecule has 16 heavy (non-hydrogen) atoms. The van der Waals surface area contributed by atoms with E-state index in [0.717, 1.165) is 25.9 Å². The van der Waals surface area contributed by atoms with Crippen molar-refractivity contribution in [2.45, 2.75) is 24.9 Å². The van der Waals surface area contributed by atoms with E-state index < -0.39 is 0 Å². The first-order valence-corrected chi connectivity index (χ1v) is 5.65. The van der Waals surface area contributed by atoms with Crippen molar-refractivity contribution in [2.24, 2.45) is 0 Å². The van der Waals surface area contributed by atoms with Gasteiger partial charge in [-0.15, -0.1) is 5.10 Å². The number of hydrogen-bond donors (Lipinski definition) is 1. The number of carbonyl (C=O) groups is 1. The smallest absolute Gasteiger partial charge is 0.276 e. The fourth-order valence-electron chi connectivity index (χ4n) is 1.82. The maximum atomic E-state index is 12.0. The maximum absolute atomic E-state index is 12.0. The molecule has 0 bridgehead atoms. The number of aromatic nitrogens is 3. The quantitative estimate of drug-likeness (QED) is 0.758. The van der Waals surface area contributed by atoms with Crippen LogP contribution >= 0.6 is 0 Å². The Morgan fingerprint density at radius 3 is 2.88 bits per heavy atom. The molecule has 0 spiro atoms. The van der Waals surface area contributed by atoms with Gasteiger partial charge in [0.1, 0.15) is 0 Å². The monoisotopic (exact) mass is 221 g/mol. The van der Waals surface area contributed by atoms with E-state index in [0.29, 0.717) is 17.8 Å². The molecule has 6 heteroatoms. The lowest BCUT2D eigenvalue weighted by Crippen LogP contribution is -2.43. The fraction of sp³-hybridized carbons (Fsp3) is 0.700. The topological polar surface area (TPSA) is 63.1 Å². The van der Waals surface area contributed by atoms with Crippen molar-refractivity contribution in [1.82, 2.24) is 25.2 Å². The Kier molecular flexibility index (Phi) is 2.17. The maximum Gasteiger partial charge on any atom is 0.276 e. The van der Waals surface area contributed by atoms with Crippen LogP contribution in [0.25, 0.3) is 0 Å². The van der Waals surface area contributed by atoms with Crippen LogP contribution in [-0.2, 0) is 0 Å². The van der Waals surface area contributed by atoms with Crippen LogP contribution in [0, 0.1) is 0 Å². The van der Waals surface area contributed by atoms with E-state index >= 15 is 0 Å². The number of nitrogens with one attached hydrogen (secondary N) is 1. The van der Waals surface area contributed by atoms with Gasteiger partial charge in [0.25, 0.3) is 5.91 Å². The summed E-state index contributed by atoms with van der Waals surface area (Å²) < 4.78 is 1.78. The van der Waals surface area contributed by atoms with Crippen LogP contribution in [0.2, 0.25) is 0 Å². The number of amides is 1. The van der Waals surface area contributed by atoms with Crippen molar-refractivity contribution in [1.29, 1.82) is 0 Å². The Morgan fingerprint density at radius 1 is 1.56 bits per heavy atom. The summed E-state index contributed by atoms with van der Waals surface area (Å²) in [5, 5.41) is 11.1. The van der Waals surface area contributed by atoms with Gasteiger partial charge in [-0.1, -0.05) is 5.21 Å². The third-order valence-corrected chi connectivity index (χ3v) is 3.28. The molecule has 0 radical (unpaired) electrons. The molecule has 0 unspecified atom stereocenters. The van der Waals surface area contributed by atoms with E-state index in [1.807, 2.05) is 7.05 Å². The van der Waals surface area contributed by atoms with Crippen LogP contribution in [-0.4, -0.2) is 52.0 Å². The highest BCUT2D eigenvalue weighted by atomic mass is 16.2.